The molecule has 0 amide bonds. The van der Waals surface area contributed by atoms with Crippen molar-refractivity contribution in [3.63, 3.8) is 0 Å². The van der Waals surface area contributed by atoms with Gasteiger partial charge in [0, 0.05) is 6.04 Å². The lowest BCUT2D eigenvalue weighted by atomic mass is 10.1. The molecule has 2 aromatic carbocycles. The summed E-state index contributed by atoms with van der Waals surface area (Å²) in [5.74, 6) is -11.6. The monoisotopic (exact) mass is 403 g/mol. The molecule has 2 aliphatic carbocycles. The molecule has 144 valence electrons. The van der Waals surface area contributed by atoms with Crippen LogP contribution in [0.1, 0.15) is 31.2 Å². The Kier molecular flexibility index (Phi) is 4.08. The van der Waals surface area contributed by atoms with Crippen LogP contribution in [-0.2, 0) is 15.6 Å². The van der Waals surface area contributed by atoms with Gasteiger partial charge in [0.15, 0.2) is 28.2 Å². The zero-order chi connectivity index (χ0) is 19.6. The minimum absolute atomic E-state index is 0.405. The maximum Gasteiger partial charge on any atom is 0.250 e. The molecule has 2 fully saturated rings. The second-order valence-electron chi connectivity index (χ2n) is 6.83. The second-order valence-corrected chi connectivity index (χ2v) is 8.58. The normalized spacial score (nSPS) is 18.7. The van der Waals surface area contributed by atoms with Crippen LogP contribution >= 0.6 is 0 Å². The lowest BCUT2D eigenvalue weighted by molar-refractivity contribution is 0.287. The van der Waals surface area contributed by atoms with Crippen molar-refractivity contribution >= 4 is 10.0 Å². The van der Waals surface area contributed by atoms with E-state index in [9.17, 15) is 30.4 Å². The van der Waals surface area contributed by atoms with Crippen LogP contribution in [0.4, 0.5) is 22.0 Å². The molecule has 0 heterocycles. The summed E-state index contributed by atoms with van der Waals surface area (Å²) in [6.07, 6.45) is 1.73. The fourth-order valence-corrected chi connectivity index (χ4v) is 5.68. The largest absolute Gasteiger partial charge is 0.250 e. The number of halogens is 5. The minimum atomic E-state index is -4.97. The van der Waals surface area contributed by atoms with E-state index in [1.165, 1.54) is 0 Å². The average Bonchev–Trinajstić information content (AvgIpc) is 3.56. The molecule has 0 bridgehead atoms. The molecule has 0 unspecified atom stereocenters. The van der Waals surface area contributed by atoms with Crippen LogP contribution in [0.25, 0.3) is 0 Å². The quantitative estimate of drug-likeness (QED) is 0.426. The molecule has 2 saturated carbocycles. The lowest BCUT2D eigenvalue weighted by Crippen LogP contribution is -2.43. The molecule has 0 N–H and O–H groups in total. The molecule has 0 spiro atoms. The van der Waals surface area contributed by atoms with Crippen LogP contribution in [0.5, 0.6) is 0 Å². The van der Waals surface area contributed by atoms with Gasteiger partial charge in [0.25, 0.3) is 0 Å². The summed E-state index contributed by atoms with van der Waals surface area (Å²) in [6, 6.07) is 7.98. The van der Waals surface area contributed by atoms with E-state index in [0.29, 0.717) is 31.2 Å². The van der Waals surface area contributed by atoms with Crippen molar-refractivity contribution in [2.75, 3.05) is 0 Å². The van der Waals surface area contributed by atoms with Crippen molar-refractivity contribution in [1.82, 2.24) is 4.31 Å². The van der Waals surface area contributed by atoms with E-state index in [1.54, 1.807) is 30.3 Å². The Morgan fingerprint density at radius 1 is 0.815 bits per heavy atom. The SMILES string of the molecule is O=S(=O)(c1c(F)c(F)c(F)c(F)c1F)N(C1CC1)C1(c2ccccc2)CC1. The van der Waals surface area contributed by atoms with Gasteiger partial charge in [0.05, 0.1) is 5.54 Å². The number of nitrogens with zero attached hydrogens (tertiary/aromatic N) is 1. The maximum atomic E-state index is 14.2. The van der Waals surface area contributed by atoms with Crippen LogP contribution in [0.15, 0.2) is 35.2 Å². The summed E-state index contributed by atoms with van der Waals surface area (Å²) >= 11 is 0. The molecule has 0 aromatic heterocycles. The van der Waals surface area contributed by atoms with Gasteiger partial charge in [-0.2, -0.15) is 4.31 Å². The van der Waals surface area contributed by atoms with Crippen LogP contribution < -0.4 is 0 Å². The van der Waals surface area contributed by atoms with Gasteiger partial charge in [-0.1, -0.05) is 30.3 Å². The van der Waals surface area contributed by atoms with E-state index in [1.807, 2.05) is 0 Å². The van der Waals surface area contributed by atoms with E-state index in [0.717, 1.165) is 4.31 Å². The Morgan fingerprint density at radius 2 is 1.30 bits per heavy atom. The van der Waals surface area contributed by atoms with Gasteiger partial charge < -0.3 is 0 Å². The molecule has 0 radical (unpaired) electrons. The third-order valence-electron chi connectivity index (χ3n) is 5.02. The fraction of sp³-hybridized carbons (Fsp3) is 0.333. The molecular weight excluding hydrogens is 389 g/mol. The molecule has 27 heavy (non-hydrogen) atoms. The number of sulfonamides is 1. The van der Waals surface area contributed by atoms with Gasteiger partial charge >= 0.3 is 0 Å². The molecule has 3 nitrogen and oxygen atoms in total. The van der Waals surface area contributed by atoms with Gasteiger partial charge in [-0.3, -0.25) is 0 Å². The summed E-state index contributed by atoms with van der Waals surface area (Å²) in [6.45, 7) is 0. The van der Waals surface area contributed by atoms with E-state index in [-0.39, 0.29) is 0 Å². The van der Waals surface area contributed by atoms with Crippen LogP contribution in [0, 0.1) is 29.1 Å². The third-order valence-corrected chi connectivity index (χ3v) is 7.06. The van der Waals surface area contributed by atoms with E-state index in [4.69, 9.17) is 0 Å². The van der Waals surface area contributed by atoms with Crippen LogP contribution in [-0.4, -0.2) is 18.8 Å². The highest BCUT2D eigenvalue weighted by molar-refractivity contribution is 7.89. The van der Waals surface area contributed by atoms with Crippen molar-refractivity contribution in [3.05, 3.63) is 65.0 Å². The predicted octanol–water partition coefficient (Wildman–Crippen LogP) is 4.22. The summed E-state index contributed by atoms with van der Waals surface area (Å²) in [4.78, 5) is -1.78. The van der Waals surface area contributed by atoms with Gasteiger partial charge in [-0.15, -0.1) is 0 Å². The highest BCUT2D eigenvalue weighted by Gasteiger charge is 2.60. The average molecular weight is 403 g/mol. The number of hydrogen-bond acceptors (Lipinski definition) is 2. The molecule has 9 heteroatoms. The summed E-state index contributed by atoms with van der Waals surface area (Å²) in [5.41, 5.74) is -0.397. The summed E-state index contributed by atoms with van der Waals surface area (Å²) < 4.78 is 96.2. The predicted molar refractivity (Wildman–Crippen MR) is 85.6 cm³/mol. The topological polar surface area (TPSA) is 37.4 Å². The first-order chi connectivity index (χ1) is 12.7. The smallest absolute Gasteiger partial charge is 0.207 e. The minimum Gasteiger partial charge on any atom is -0.207 e. The Hall–Kier alpha value is -2.00. The van der Waals surface area contributed by atoms with Crippen molar-refractivity contribution in [2.24, 2.45) is 0 Å². The van der Waals surface area contributed by atoms with Crippen LogP contribution in [0.3, 0.4) is 0 Å². The molecule has 2 aliphatic rings. The highest BCUT2D eigenvalue weighted by atomic mass is 32.2. The highest BCUT2D eigenvalue weighted by Crippen LogP contribution is 2.57. The van der Waals surface area contributed by atoms with Gasteiger partial charge in [-0.25, -0.2) is 30.4 Å². The molecule has 4 rings (SSSR count). The molecule has 0 aliphatic heterocycles. The van der Waals surface area contributed by atoms with Crippen molar-refractivity contribution in [2.45, 2.75) is 42.2 Å². The first-order valence-corrected chi connectivity index (χ1v) is 9.77. The molecule has 0 atom stereocenters. The van der Waals surface area contributed by atoms with Crippen molar-refractivity contribution < 1.29 is 30.4 Å². The van der Waals surface area contributed by atoms with Crippen molar-refractivity contribution in [1.29, 1.82) is 0 Å². The zero-order valence-electron chi connectivity index (χ0n) is 13.9. The Balaban J connectivity index is 1.91. The van der Waals surface area contributed by atoms with Gasteiger partial charge in [0.1, 0.15) is 0 Å². The lowest BCUT2D eigenvalue weighted by Gasteiger charge is -2.32. The second kappa shape index (κ2) is 6.00. The molecular formula is C18H14F5NO2S. The first kappa shape index (κ1) is 18.4. The van der Waals surface area contributed by atoms with E-state index >= 15 is 0 Å². The van der Waals surface area contributed by atoms with E-state index < -0.39 is 55.6 Å². The third kappa shape index (κ3) is 2.67. The van der Waals surface area contributed by atoms with Gasteiger partial charge in [0.2, 0.25) is 15.8 Å². The molecule has 2 aromatic rings. The Bertz CT molecular complexity index is 989. The number of hydrogen-bond donors (Lipinski definition) is 0. The summed E-state index contributed by atoms with van der Waals surface area (Å²) in [5, 5.41) is 0. The summed E-state index contributed by atoms with van der Waals surface area (Å²) in [7, 11) is -4.97. The first-order valence-electron chi connectivity index (χ1n) is 8.33. The standard InChI is InChI=1S/C18H14F5NO2S/c19-12-13(20)15(22)17(16(23)14(12)21)27(25,26)24(11-6-7-11)18(8-9-18)10-4-2-1-3-5-10/h1-5,11H,6-9H2. The zero-order valence-corrected chi connectivity index (χ0v) is 14.7. The number of benzene rings is 2. The van der Waals surface area contributed by atoms with Crippen LogP contribution in [0.2, 0.25) is 0 Å². The number of rotatable bonds is 5. The Labute approximate surface area is 152 Å². The molecule has 0 saturated heterocycles. The fourth-order valence-electron chi connectivity index (χ4n) is 3.50. The Morgan fingerprint density at radius 3 is 1.74 bits per heavy atom. The maximum absolute atomic E-state index is 14.2. The van der Waals surface area contributed by atoms with Gasteiger partial charge in [-0.05, 0) is 31.2 Å². The van der Waals surface area contributed by atoms with Crippen molar-refractivity contribution in [3.8, 4) is 0 Å². The van der Waals surface area contributed by atoms with E-state index in [2.05, 4.69) is 0 Å².